The van der Waals surface area contributed by atoms with Crippen molar-refractivity contribution in [1.82, 2.24) is 9.80 Å². The standard InChI is InChI=1S/C19H24FN3O2/c1-21(2)12-15-9-10-22(13-15)19(24)23(14-18-4-3-11-25-18)17-7-5-16(20)6-8-17/h3-8,11,15H,9-10,12-14H2,1-2H3/t15-/m0/s1. The fourth-order valence-corrected chi connectivity index (χ4v) is 3.29. The summed E-state index contributed by atoms with van der Waals surface area (Å²) in [6.45, 7) is 2.78. The number of anilines is 1. The summed E-state index contributed by atoms with van der Waals surface area (Å²) >= 11 is 0. The van der Waals surface area contributed by atoms with Crippen molar-refractivity contribution in [3.8, 4) is 0 Å². The summed E-state index contributed by atoms with van der Waals surface area (Å²) in [6, 6.07) is 9.57. The van der Waals surface area contributed by atoms with E-state index in [0.717, 1.165) is 26.1 Å². The van der Waals surface area contributed by atoms with Gasteiger partial charge in [-0.2, -0.15) is 0 Å². The number of furan rings is 1. The lowest BCUT2D eigenvalue weighted by atomic mass is 10.1. The fourth-order valence-electron chi connectivity index (χ4n) is 3.29. The molecular weight excluding hydrogens is 321 g/mol. The third kappa shape index (κ3) is 4.39. The van der Waals surface area contributed by atoms with Gasteiger partial charge in [-0.15, -0.1) is 0 Å². The van der Waals surface area contributed by atoms with Gasteiger partial charge in [0.1, 0.15) is 11.6 Å². The molecule has 1 aromatic carbocycles. The molecule has 1 aliphatic heterocycles. The first kappa shape index (κ1) is 17.5. The van der Waals surface area contributed by atoms with E-state index >= 15 is 0 Å². The molecule has 2 amide bonds. The zero-order valence-corrected chi connectivity index (χ0v) is 14.7. The van der Waals surface area contributed by atoms with Gasteiger partial charge >= 0.3 is 6.03 Å². The molecule has 1 fully saturated rings. The first-order valence-corrected chi connectivity index (χ1v) is 8.52. The molecule has 25 heavy (non-hydrogen) atoms. The highest BCUT2D eigenvalue weighted by molar-refractivity contribution is 5.92. The summed E-state index contributed by atoms with van der Waals surface area (Å²) in [5.74, 6) is 0.862. The van der Waals surface area contributed by atoms with Crippen molar-refractivity contribution < 1.29 is 13.6 Å². The van der Waals surface area contributed by atoms with Crippen molar-refractivity contribution >= 4 is 11.7 Å². The molecule has 0 unspecified atom stereocenters. The first-order chi connectivity index (χ1) is 12.0. The second kappa shape index (κ2) is 7.70. The SMILES string of the molecule is CN(C)C[C@@H]1CCN(C(=O)N(Cc2ccco2)c2ccc(F)cc2)C1. The number of hydrogen-bond donors (Lipinski definition) is 0. The van der Waals surface area contributed by atoms with E-state index in [9.17, 15) is 9.18 Å². The minimum absolute atomic E-state index is 0.0655. The van der Waals surface area contributed by atoms with Crippen molar-refractivity contribution in [1.29, 1.82) is 0 Å². The van der Waals surface area contributed by atoms with Crippen molar-refractivity contribution in [2.45, 2.75) is 13.0 Å². The Kier molecular flexibility index (Phi) is 5.38. The zero-order chi connectivity index (χ0) is 17.8. The average Bonchev–Trinajstić information content (AvgIpc) is 3.24. The van der Waals surface area contributed by atoms with Gasteiger partial charge in [-0.3, -0.25) is 4.90 Å². The second-order valence-corrected chi connectivity index (χ2v) is 6.79. The lowest BCUT2D eigenvalue weighted by molar-refractivity contribution is 0.211. The molecule has 6 heteroatoms. The van der Waals surface area contributed by atoms with Crippen molar-refractivity contribution in [2.24, 2.45) is 5.92 Å². The van der Waals surface area contributed by atoms with Crippen LogP contribution in [0.5, 0.6) is 0 Å². The summed E-state index contributed by atoms with van der Waals surface area (Å²) in [7, 11) is 4.10. The molecule has 2 aromatic rings. The van der Waals surface area contributed by atoms with Crippen molar-refractivity contribution in [3.63, 3.8) is 0 Å². The second-order valence-electron chi connectivity index (χ2n) is 6.79. The third-order valence-electron chi connectivity index (χ3n) is 4.44. The van der Waals surface area contributed by atoms with Crippen LogP contribution in [-0.2, 0) is 6.54 Å². The molecule has 0 saturated carbocycles. The van der Waals surface area contributed by atoms with Gasteiger partial charge in [-0.25, -0.2) is 9.18 Å². The van der Waals surface area contributed by atoms with Gasteiger partial charge in [0.2, 0.25) is 0 Å². The van der Waals surface area contributed by atoms with Crippen LogP contribution in [0.25, 0.3) is 0 Å². The Balaban J connectivity index is 1.76. The van der Waals surface area contributed by atoms with Gasteiger partial charge < -0.3 is 14.2 Å². The number of likely N-dealkylation sites (tertiary alicyclic amines) is 1. The molecule has 1 aromatic heterocycles. The molecule has 1 saturated heterocycles. The minimum Gasteiger partial charge on any atom is -0.467 e. The van der Waals surface area contributed by atoms with E-state index in [2.05, 4.69) is 4.90 Å². The number of amides is 2. The predicted octanol–water partition coefficient (Wildman–Crippen LogP) is 3.43. The van der Waals surface area contributed by atoms with Crippen LogP contribution in [0.3, 0.4) is 0 Å². The molecule has 5 nitrogen and oxygen atoms in total. The number of halogens is 1. The Hall–Kier alpha value is -2.34. The normalized spacial score (nSPS) is 17.3. The predicted molar refractivity (Wildman–Crippen MR) is 94.9 cm³/mol. The maximum Gasteiger partial charge on any atom is 0.324 e. The summed E-state index contributed by atoms with van der Waals surface area (Å²) in [6.07, 6.45) is 2.59. The van der Waals surface area contributed by atoms with Crippen LogP contribution in [-0.4, -0.2) is 49.6 Å². The van der Waals surface area contributed by atoms with Crippen LogP contribution in [0.1, 0.15) is 12.2 Å². The molecule has 0 aliphatic carbocycles. The Labute approximate surface area is 147 Å². The molecule has 0 spiro atoms. The Bertz CT molecular complexity index is 685. The van der Waals surface area contributed by atoms with E-state index in [4.69, 9.17) is 4.42 Å². The van der Waals surface area contributed by atoms with Crippen molar-refractivity contribution in [2.75, 3.05) is 38.6 Å². The highest BCUT2D eigenvalue weighted by atomic mass is 19.1. The number of carbonyl (C=O) groups excluding carboxylic acids is 1. The van der Waals surface area contributed by atoms with Crippen LogP contribution in [0.2, 0.25) is 0 Å². The molecule has 0 radical (unpaired) electrons. The van der Waals surface area contributed by atoms with Gasteiger partial charge in [0, 0.05) is 25.3 Å². The van der Waals surface area contributed by atoms with Gasteiger partial charge in [-0.1, -0.05) is 0 Å². The summed E-state index contributed by atoms with van der Waals surface area (Å²) in [4.78, 5) is 18.8. The molecule has 1 atom stereocenters. The molecule has 2 heterocycles. The Morgan fingerprint density at radius 2 is 2.04 bits per heavy atom. The van der Waals surface area contributed by atoms with Gasteiger partial charge in [0.15, 0.2) is 0 Å². The van der Waals surface area contributed by atoms with Crippen LogP contribution < -0.4 is 4.90 Å². The quantitative estimate of drug-likeness (QED) is 0.833. The van der Waals surface area contributed by atoms with Crippen LogP contribution in [0.4, 0.5) is 14.9 Å². The lowest BCUT2D eigenvalue weighted by Gasteiger charge is -2.28. The number of hydrogen-bond acceptors (Lipinski definition) is 3. The molecule has 0 bridgehead atoms. The maximum atomic E-state index is 13.3. The number of nitrogens with zero attached hydrogens (tertiary/aromatic N) is 3. The van der Waals surface area contributed by atoms with Crippen molar-refractivity contribution in [3.05, 3.63) is 54.2 Å². The van der Waals surface area contributed by atoms with Gasteiger partial charge in [-0.05, 0) is 62.8 Å². The average molecular weight is 345 g/mol. The monoisotopic (exact) mass is 345 g/mol. The number of benzene rings is 1. The van der Waals surface area contributed by atoms with E-state index in [1.807, 2.05) is 25.1 Å². The van der Waals surface area contributed by atoms with Crippen LogP contribution >= 0.6 is 0 Å². The zero-order valence-electron chi connectivity index (χ0n) is 14.7. The largest absolute Gasteiger partial charge is 0.467 e. The molecule has 134 valence electrons. The minimum atomic E-state index is -0.318. The summed E-state index contributed by atoms with van der Waals surface area (Å²) < 4.78 is 18.7. The summed E-state index contributed by atoms with van der Waals surface area (Å²) in [5.41, 5.74) is 0.666. The molecule has 0 N–H and O–H groups in total. The molecular formula is C19H24FN3O2. The van der Waals surface area contributed by atoms with E-state index in [1.54, 1.807) is 29.4 Å². The van der Waals surface area contributed by atoms with Crippen LogP contribution in [0.15, 0.2) is 47.1 Å². The molecule has 1 aliphatic rings. The van der Waals surface area contributed by atoms with E-state index in [0.29, 0.717) is 23.9 Å². The number of urea groups is 1. The maximum absolute atomic E-state index is 13.3. The third-order valence-corrected chi connectivity index (χ3v) is 4.44. The topological polar surface area (TPSA) is 39.9 Å². The van der Waals surface area contributed by atoms with Gasteiger partial charge in [0.25, 0.3) is 0 Å². The Morgan fingerprint density at radius 1 is 1.28 bits per heavy atom. The highest BCUT2D eigenvalue weighted by Crippen LogP contribution is 2.24. The summed E-state index contributed by atoms with van der Waals surface area (Å²) in [5, 5.41) is 0. The van der Waals surface area contributed by atoms with E-state index in [1.165, 1.54) is 12.1 Å². The van der Waals surface area contributed by atoms with Gasteiger partial charge in [0.05, 0.1) is 12.8 Å². The highest BCUT2D eigenvalue weighted by Gasteiger charge is 2.30. The lowest BCUT2D eigenvalue weighted by Crippen LogP contribution is -2.42. The fraction of sp³-hybridized carbons (Fsp3) is 0.421. The molecule has 3 rings (SSSR count). The number of carbonyl (C=O) groups is 1. The van der Waals surface area contributed by atoms with Crippen LogP contribution in [0, 0.1) is 11.7 Å². The van der Waals surface area contributed by atoms with E-state index < -0.39 is 0 Å². The van der Waals surface area contributed by atoms with E-state index in [-0.39, 0.29) is 11.8 Å². The first-order valence-electron chi connectivity index (χ1n) is 8.52. The Morgan fingerprint density at radius 3 is 2.68 bits per heavy atom. The smallest absolute Gasteiger partial charge is 0.324 e. The number of rotatable bonds is 5.